The first-order valence-electron chi connectivity index (χ1n) is 5.44. The Morgan fingerprint density at radius 2 is 1.95 bits per heavy atom. The Kier molecular flexibility index (Phi) is 5.28. The number of carbonyl (C=O) groups is 1. The largest absolute Gasteiger partial charge is 0.480 e. The summed E-state index contributed by atoms with van der Waals surface area (Å²) < 4.78 is 30.1. The molecule has 106 valence electrons. The first-order chi connectivity index (χ1) is 8.87. The van der Waals surface area contributed by atoms with Gasteiger partial charge < -0.3 is 15.6 Å². The highest BCUT2D eigenvalue weighted by molar-refractivity contribution is 7.89. The second kappa shape index (κ2) is 6.50. The summed E-state index contributed by atoms with van der Waals surface area (Å²) >= 11 is 0. The molecule has 0 amide bonds. The SMILES string of the molecule is COCCN(CC(=O)O)S(=O)(=O)c1ccc(N)cc1. The van der Waals surface area contributed by atoms with Gasteiger partial charge in [-0.3, -0.25) is 4.79 Å². The van der Waals surface area contributed by atoms with Gasteiger partial charge in [-0.2, -0.15) is 4.31 Å². The van der Waals surface area contributed by atoms with Crippen molar-refractivity contribution in [3.63, 3.8) is 0 Å². The standard InChI is InChI=1S/C11H16N2O5S/c1-18-7-6-13(8-11(14)15)19(16,17)10-4-2-9(12)3-5-10/h2-5H,6-8,12H2,1H3,(H,14,15). The van der Waals surface area contributed by atoms with E-state index in [-0.39, 0.29) is 18.0 Å². The van der Waals surface area contributed by atoms with E-state index in [1.54, 1.807) is 0 Å². The lowest BCUT2D eigenvalue weighted by atomic mass is 10.3. The van der Waals surface area contributed by atoms with Crippen LogP contribution in [0.4, 0.5) is 5.69 Å². The van der Waals surface area contributed by atoms with Crippen molar-refractivity contribution >= 4 is 21.7 Å². The quantitative estimate of drug-likeness (QED) is 0.683. The van der Waals surface area contributed by atoms with E-state index in [4.69, 9.17) is 15.6 Å². The number of carboxylic acids is 1. The van der Waals surface area contributed by atoms with Crippen LogP contribution in [0.3, 0.4) is 0 Å². The molecule has 0 aliphatic carbocycles. The van der Waals surface area contributed by atoms with Crippen LogP contribution in [-0.4, -0.2) is 50.6 Å². The lowest BCUT2D eigenvalue weighted by Gasteiger charge is -2.19. The van der Waals surface area contributed by atoms with Crippen molar-refractivity contribution in [3.05, 3.63) is 24.3 Å². The molecule has 19 heavy (non-hydrogen) atoms. The molecule has 0 fully saturated rings. The Bertz CT molecular complexity index is 527. The number of ether oxygens (including phenoxy) is 1. The van der Waals surface area contributed by atoms with Crippen molar-refractivity contribution in [1.29, 1.82) is 0 Å². The summed E-state index contributed by atoms with van der Waals surface area (Å²) in [5.74, 6) is -1.23. The smallest absolute Gasteiger partial charge is 0.318 e. The highest BCUT2D eigenvalue weighted by Gasteiger charge is 2.26. The first-order valence-corrected chi connectivity index (χ1v) is 6.88. The summed E-state index contributed by atoms with van der Waals surface area (Å²) in [5, 5.41) is 8.77. The van der Waals surface area contributed by atoms with Gasteiger partial charge in [-0.05, 0) is 24.3 Å². The number of hydrogen-bond donors (Lipinski definition) is 2. The third kappa shape index (κ3) is 4.19. The molecule has 0 radical (unpaired) electrons. The van der Waals surface area contributed by atoms with E-state index < -0.39 is 22.5 Å². The summed E-state index contributed by atoms with van der Waals surface area (Å²) in [7, 11) is -2.46. The van der Waals surface area contributed by atoms with Crippen molar-refractivity contribution in [2.45, 2.75) is 4.90 Å². The maximum absolute atomic E-state index is 12.3. The van der Waals surface area contributed by atoms with Crippen LogP contribution in [0.25, 0.3) is 0 Å². The molecule has 0 spiro atoms. The maximum Gasteiger partial charge on any atom is 0.318 e. The minimum Gasteiger partial charge on any atom is -0.480 e. The molecule has 0 aliphatic rings. The van der Waals surface area contributed by atoms with Crippen LogP contribution in [-0.2, 0) is 19.6 Å². The number of rotatable bonds is 7. The molecule has 0 heterocycles. The van der Waals surface area contributed by atoms with Crippen molar-refractivity contribution in [3.8, 4) is 0 Å². The maximum atomic E-state index is 12.3. The summed E-state index contributed by atoms with van der Waals surface area (Å²) in [6.07, 6.45) is 0. The topological polar surface area (TPSA) is 110 Å². The summed E-state index contributed by atoms with van der Waals surface area (Å²) in [6.45, 7) is -0.535. The molecule has 1 aromatic carbocycles. The summed E-state index contributed by atoms with van der Waals surface area (Å²) in [6, 6.07) is 5.57. The van der Waals surface area contributed by atoms with Crippen LogP contribution in [0.5, 0.6) is 0 Å². The molecular formula is C11H16N2O5S. The lowest BCUT2D eigenvalue weighted by Crippen LogP contribution is -2.37. The zero-order valence-corrected chi connectivity index (χ0v) is 11.3. The summed E-state index contributed by atoms with van der Waals surface area (Å²) in [4.78, 5) is 10.7. The molecule has 0 atom stereocenters. The van der Waals surface area contributed by atoms with Crippen LogP contribution in [0, 0.1) is 0 Å². The molecule has 0 saturated carbocycles. The third-order valence-electron chi connectivity index (χ3n) is 2.37. The minimum atomic E-state index is -3.87. The molecular weight excluding hydrogens is 272 g/mol. The van der Waals surface area contributed by atoms with E-state index in [9.17, 15) is 13.2 Å². The molecule has 8 heteroatoms. The molecule has 1 aromatic rings. The molecule has 0 aliphatic heterocycles. The predicted octanol–water partition coefficient (Wildman–Crippen LogP) is -0.00950. The number of sulfonamides is 1. The van der Waals surface area contributed by atoms with E-state index in [0.29, 0.717) is 5.69 Å². The van der Waals surface area contributed by atoms with Gasteiger partial charge in [0.05, 0.1) is 11.5 Å². The van der Waals surface area contributed by atoms with Crippen LogP contribution >= 0.6 is 0 Å². The predicted molar refractivity (Wildman–Crippen MR) is 69.1 cm³/mol. The fourth-order valence-electron chi connectivity index (χ4n) is 1.42. The van der Waals surface area contributed by atoms with Gasteiger partial charge in [0.25, 0.3) is 0 Å². The average Bonchev–Trinajstić information content (AvgIpc) is 2.34. The van der Waals surface area contributed by atoms with E-state index in [0.717, 1.165) is 4.31 Å². The van der Waals surface area contributed by atoms with Crippen LogP contribution in [0.15, 0.2) is 29.2 Å². The lowest BCUT2D eigenvalue weighted by molar-refractivity contribution is -0.137. The van der Waals surface area contributed by atoms with Crippen LogP contribution in [0.2, 0.25) is 0 Å². The third-order valence-corrected chi connectivity index (χ3v) is 4.23. The van der Waals surface area contributed by atoms with Gasteiger partial charge in [0, 0.05) is 19.3 Å². The summed E-state index contributed by atoms with van der Waals surface area (Å²) in [5.41, 5.74) is 5.92. The zero-order chi connectivity index (χ0) is 14.5. The van der Waals surface area contributed by atoms with Crippen molar-refractivity contribution in [2.24, 2.45) is 0 Å². The zero-order valence-electron chi connectivity index (χ0n) is 10.4. The number of nitrogen functional groups attached to an aromatic ring is 1. The number of methoxy groups -OCH3 is 1. The van der Waals surface area contributed by atoms with E-state index in [1.807, 2.05) is 0 Å². The van der Waals surface area contributed by atoms with Gasteiger partial charge in [-0.25, -0.2) is 8.42 Å². The van der Waals surface area contributed by atoms with Crippen molar-refractivity contribution in [1.82, 2.24) is 4.31 Å². The molecule has 0 unspecified atom stereocenters. The van der Waals surface area contributed by atoms with Gasteiger partial charge in [0.2, 0.25) is 10.0 Å². The normalized spacial score (nSPS) is 11.7. The van der Waals surface area contributed by atoms with Crippen molar-refractivity contribution in [2.75, 3.05) is 32.5 Å². The second-order valence-electron chi connectivity index (χ2n) is 3.79. The second-order valence-corrected chi connectivity index (χ2v) is 5.73. The number of hydrogen-bond acceptors (Lipinski definition) is 5. The molecule has 0 aromatic heterocycles. The van der Waals surface area contributed by atoms with Crippen molar-refractivity contribution < 1.29 is 23.1 Å². The highest BCUT2D eigenvalue weighted by atomic mass is 32.2. The Labute approximate surface area is 111 Å². The Hall–Kier alpha value is -1.64. The van der Waals surface area contributed by atoms with E-state index >= 15 is 0 Å². The minimum absolute atomic E-state index is 0.000877. The Morgan fingerprint density at radius 1 is 1.37 bits per heavy atom. The van der Waals surface area contributed by atoms with Crippen LogP contribution in [0.1, 0.15) is 0 Å². The molecule has 0 saturated heterocycles. The fourth-order valence-corrected chi connectivity index (χ4v) is 2.79. The fraction of sp³-hybridized carbons (Fsp3) is 0.364. The van der Waals surface area contributed by atoms with E-state index in [1.165, 1.54) is 31.4 Å². The van der Waals surface area contributed by atoms with Crippen LogP contribution < -0.4 is 5.73 Å². The number of carboxylic acid groups (broad SMARTS) is 1. The average molecular weight is 288 g/mol. The van der Waals surface area contributed by atoms with E-state index in [2.05, 4.69) is 0 Å². The molecule has 1 rings (SSSR count). The number of aliphatic carboxylic acids is 1. The number of nitrogens with zero attached hydrogens (tertiary/aromatic N) is 1. The van der Waals surface area contributed by atoms with Gasteiger partial charge in [0.15, 0.2) is 0 Å². The van der Waals surface area contributed by atoms with Gasteiger partial charge in [0.1, 0.15) is 6.54 Å². The van der Waals surface area contributed by atoms with Gasteiger partial charge >= 0.3 is 5.97 Å². The Morgan fingerprint density at radius 3 is 2.42 bits per heavy atom. The monoisotopic (exact) mass is 288 g/mol. The first kappa shape index (κ1) is 15.4. The molecule has 0 bridgehead atoms. The molecule has 3 N–H and O–H groups in total. The van der Waals surface area contributed by atoms with Gasteiger partial charge in [-0.15, -0.1) is 0 Å². The van der Waals surface area contributed by atoms with Gasteiger partial charge in [-0.1, -0.05) is 0 Å². The molecule has 7 nitrogen and oxygen atoms in total. The number of anilines is 1. The Balaban J connectivity index is 3.03. The number of benzene rings is 1. The number of nitrogens with two attached hydrogens (primary N) is 1. The highest BCUT2D eigenvalue weighted by Crippen LogP contribution is 2.16.